The lowest BCUT2D eigenvalue weighted by Crippen LogP contribution is -2.30. The van der Waals surface area contributed by atoms with Gasteiger partial charge in [0.2, 0.25) is 0 Å². The Bertz CT molecular complexity index is 1320. The van der Waals surface area contributed by atoms with Gasteiger partial charge in [0, 0.05) is 38.3 Å². The van der Waals surface area contributed by atoms with Crippen LogP contribution in [0.4, 0.5) is 0 Å². The molecule has 7 nitrogen and oxygen atoms in total. The highest BCUT2D eigenvalue weighted by Crippen LogP contribution is 2.24. The third-order valence-corrected chi connectivity index (χ3v) is 6.64. The van der Waals surface area contributed by atoms with Crippen LogP contribution >= 0.6 is 0 Å². The highest BCUT2D eigenvalue weighted by Gasteiger charge is 2.20. The van der Waals surface area contributed by atoms with E-state index in [1.165, 1.54) is 5.56 Å². The first kappa shape index (κ1) is 38.0. The number of aromatic nitrogens is 1. The fourth-order valence-electron chi connectivity index (χ4n) is 4.10. The molecule has 3 aromatic carbocycles. The van der Waals surface area contributed by atoms with Gasteiger partial charge in [-0.1, -0.05) is 92.7 Å². The molecule has 0 fully saturated rings. The van der Waals surface area contributed by atoms with Crippen LogP contribution in [0.3, 0.4) is 0 Å². The van der Waals surface area contributed by atoms with E-state index in [1.54, 1.807) is 62.0 Å². The minimum atomic E-state index is -0.849. The zero-order valence-corrected chi connectivity index (χ0v) is 27.3. The molecule has 0 bridgehead atoms. The summed E-state index contributed by atoms with van der Waals surface area (Å²) in [7, 11) is 3.78. The van der Waals surface area contributed by atoms with E-state index in [-0.39, 0.29) is 11.6 Å². The number of aliphatic hydroxyl groups excluding tert-OH is 1. The number of hydrogen-bond donors (Lipinski definition) is 2. The summed E-state index contributed by atoms with van der Waals surface area (Å²) in [5.41, 5.74) is 2.25. The second-order valence-corrected chi connectivity index (χ2v) is 10.8. The maximum absolute atomic E-state index is 11.8. The van der Waals surface area contributed by atoms with E-state index in [9.17, 15) is 19.8 Å². The molecule has 4 rings (SSSR count). The van der Waals surface area contributed by atoms with Crippen LogP contribution in [-0.2, 0) is 11.8 Å². The molecular weight excluding hydrogens is 552 g/mol. The van der Waals surface area contributed by atoms with Crippen LogP contribution in [0, 0.1) is 0 Å². The highest BCUT2D eigenvalue weighted by molar-refractivity contribution is 5.63. The average Bonchev–Trinajstić information content (AvgIpc) is 3.03. The molecule has 0 aliphatic rings. The normalized spacial score (nSPS) is 11.8. The lowest BCUT2D eigenvalue weighted by Gasteiger charge is -2.27. The fourth-order valence-corrected chi connectivity index (χ4v) is 4.10. The lowest BCUT2D eigenvalue weighted by atomic mass is 9.98. The molecule has 0 saturated heterocycles. The van der Waals surface area contributed by atoms with Gasteiger partial charge in [-0.05, 0) is 69.1 Å². The Hall–Kier alpha value is -4.04. The standard InChI is InChI=1S/C22H32N2O3.C7H6O2.C6H6.C2H6/c1-16(23(4)13-11-20(25)15-22(2,3)27)17-6-8-18(9-7-17)19-10-12-24(5)21(26)14-19;8-6-9-7-4-2-1-3-5-7;1-2-4-6-5-3-1;1-2/h6-10,12,14,16,20,25,27H,11,13,15H2,1-5H3;1-6H;1-6H;1-2H3. The Morgan fingerprint density at radius 2 is 1.41 bits per heavy atom. The molecule has 0 aliphatic heterocycles. The van der Waals surface area contributed by atoms with Crippen LogP contribution in [0.1, 0.15) is 59.1 Å². The number of aryl methyl sites for hydroxylation is 1. The monoisotopic (exact) mass is 602 g/mol. The van der Waals surface area contributed by atoms with Crippen molar-refractivity contribution in [1.82, 2.24) is 9.47 Å². The number of aliphatic hydroxyl groups is 2. The number of para-hydroxylation sites is 1. The first-order valence-corrected chi connectivity index (χ1v) is 15.0. The van der Waals surface area contributed by atoms with Crippen LogP contribution in [0.25, 0.3) is 11.1 Å². The first-order chi connectivity index (χ1) is 21.0. The molecule has 238 valence electrons. The number of hydrogen-bond acceptors (Lipinski definition) is 6. The predicted molar refractivity (Wildman–Crippen MR) is 181 cm³/mol. The topological polar surface area (TPSA) is 92.0 Å². The van der Waals surface area contributed by atoms with Gasteiger partial charge in [0.25, 0.3) is 12.0 Å². The molecule has 2 unspecified atom stereocenters. The number of benzene rings is 3. The largest absolute Gasteiger partial charge is 0.429 e. The molecule has 0 spiro atoms. The summed E-state index contributed by atoms with van der Waals surface area (Å²) in [5, 5.41) is 19.9. The van der Waals surface area contributed by atoms with Gasteiger partial charge in [0.15, 0.2) is 0 Å². The summed E-state index contributed by atoms with van der Waals surface area (Å²) in [6, 6.07) is 32.9. The molecule has 2 N–H and O–H groups in total. The van der Waals surface area contributed by atoms with Crippen molar-refractivity contribution in [3.8, 4) is 16.9 Å². The average molecular weight is 603 g/mol. The second-order valence-electron chi connectivity index (χ2n) is 10.8. The van der Waals surface area contributed by atoms with Crippen molar-refractivity contribution in [2.45, 2.75) is 65.2 Å². The second kappa shape index (κ2) is 20.8. The Kier molecular flexibility index (Phi) is 18.0. The number of nitrogens with zero attached hydrogens (tertiary/aromatic N) is 2. The zero-order chi connectivity index (χ0) is 33.0. The van der Waals surface area contributed by atoms with Gasteiger partial charge < -0.3 is 19.5 Å². The minimum Gasteiger partial charge on any atom is -0.429 e. The van der Waals surface area contributed by atoms with E-state index in [1.807, 2.05) is 81.6 Å². The quantitative estimate of drug-likeness (QED) is 0.192. The highest BCUT2D eigenvalue weighted by atomic mass is 16.5. The van der Waals surface area contributed by atoms with Gasteiger partial charge >= 0.3 is 0 Å². The molecule has 1 heterocycles. The number of carbonyl (C=O) groups is 1. The maximum atomic E-state index is 11.8. The molecule has 44 heavy (non-hydrogen) atoms. The summed E-state index contributed by atoms with van der Waals surface area (Å²) >= 11 is 0. The fraction of sp³-hybridized carbons (Fsp3) is 0.351. The summed E-state index contributed by atoms with van der Waals surface area (Å²) in [6.45, 7) is 10.7. The van der Waals surface area contributed by atoms with Crippen molar-refractivity contribution in [2.24, 2.45) is 7.05 Å². The van der Waals surface area contributed by atoms with E-state index < -0.39 is 11.7 Å². The molecule has 2 atom stereocenters. The Balaban J connectivity index is 0.000000459. The van der Waals surface area contributed by atoms with E-state index in [0.717, 1.165) is 17.7 Å². The van der Waals surface area contributed by atoms with Crippen molar-refractivity contribution < 1.29 is 19.7 Å². The zero-order valence-electron chi connectivity index (χ0n) is 27.3. The number of rotatable bonds is 10. The molecule has 7 heteroatoms. The van der Waals surface area contributed by atoms with Crippen LogP contribution in [0.5, 0.6) is 5.75 Å². The van der Waals surface area contributed by atoms with Crippen molar-refractivity contribution in [3.63, 3.8) is 0 Å². The van der Waals surface area contributed by atoms with Crippen molar-refractivity contribution in [3.05, 3.63) is 125 Å². The first-order valence-electron chi connectivity index (χ1n) is 15.0. The van der Waals surface area contributed by atoms with Crippen molar-refractivity contribution >= 4 is 6.47 Å². The molecular formula is C37H50N2O5. The summed E-state index contributed by atoms with van der Waals surface area (Å²) in [5.74, 6) is 0.576. The van der Waals surface area contributed by atoms with Crippen LogP contribution in [-0.4, -0.2) is 51.4 Å². The van der Waals surface area contributed by atoms with Gasteiger partial charge in [-0.3, -0.25) is 14.5 Å². The molecule has 0 saturated carbocycles. The Morgan fingerprint density at radius 1 is 0.886 bits per heavy atom. The SMILES string of the molecule is CC.CC(c1ccc(-c2ccn(C)c(=O)c2)cc1)N(C)CCC(O)CC(C)(C)O.O=COc1ccccc1.c1ccccc1. The number of carbonyl (C=O) groups excluding carboxylic acids is 1. The predicted octanol–water partition coefficient (Wildman–Crippen LogP) is 6.89. The van der Waals surface area contributed by atoms with Crippen molar-refractivity contribution in [2.75, 3.05) is 13.6 Å². The third-order valence-electron chi connectivity index (χ3n) is 6.64. The molecule has 0 radical (unpaired) electrons. The minimum absolute atomic E-state index is 0.0192. The van der Waals surface area contributed by atoms with Gasteiger partial charge in [-0.15, -0.1) is 0 Å². The lowest BCUT2D eigenvalue weighted by molar-refractivity contribution is -0.120. The molecule has 0 amide bonds. The Morgan fingerprint density at radius 3 is 1.89 bits per heavy atom. The van der Waals surface area contributed by atoms with Gasteiger partial charge in [-0.25, -0.2) is 0 Å². The van der Waals surface area contributed by atoms with E-state index in [4.69, 9.17) is 0 Å². The van der Waals surface area contributed by atoms with E-state index in [2.05, 4.69) is 28.7 Å². The van der Waals surface area contributed by atoms with Crippen LogP contribution in [0.15, 0.2) is 114 Å². The summed E-state index contributed by atoms with van der Waals surface area (Å²) < 4.78 is 6.08. The molecule has 4 aromatic rings. The summed E-state index contributed by atoms with van der Waals surface area (Å²) in [6.07, 6.45) is 2.26. The van der Waals surface area contributed by atoms with Crippen molar-refractivity contribution in [1.29, 1.82) is 0 Å². The van der Waals surface area contributed by atoms with E-state index >= 15 is 0 Å². The summed E-state index contributed by atoms with van der Waals surface area (Å²) in [4.78, 5) is 23.8. The van der Waals surface area contributed by atoms with E-state index in [0.29, 0.717) is 25.1 Å². The van der Waals surface area contributed by atoms with Crippen LogP contribution < -0.4 is 10.3 Å². The molecule has 0 aliphatic carbocycles. The Labute approximate surface area is 263 Å². The number of ether oxygens (including phenoxy) is 1. The third kappa shape index (κ3) is 15.4. The van der Waals surface area contributed by atoms with Gasteiger partial charge in [-0.2, -0.15) is 0 Å². The van der Waals surface area contributed by atoms with Gasteiger partial charge in [0.1, 0.15) is 5.75 Å². The number of pyridine rings is 1. The maximum Gasteiger partial charge on any atom is 0.298 e. The smallest absolute Gasteiger partial charge is 0.298 e. The van der Waals surface area contributed by atoms with Crippen LogP contribution in [0.2, 0.25) is 0 Å². The van der Waals surface area contributed by atoms with Gasteiger partial charge in [0.05, 0.1) is 11.7 Å². The molecule has 1 aromatic heterocycles.